The maximum Gasteiger partial charge on any atom is 0.329 e. The number of carbonyl (C=O) groups excluding carboxylic acids is 1. The molecule has 2 heterocycles. The molecular formula is C10H11BrN2O3. The Labute approximate surface area is 101 Å². The Balaban J connectivity index is 2.59. The summed E-state index contributed by atoms with van der Waals surface area (Å²) in [4.78, 5) is 27.6. The minimum absolute atomic E-state index is 0.0879. The van der Waals surface area contributed by atoms with Gasteiger partial charge in [0.2, 0.25) is 0 Å². The van der Waals surface area contributed by atoms with Crippen LogP contribution in [-0.4, -0.2) is 22.6 Å². The second-order valence-corrected chi connectivity index (χ2v) is 4.67. The first-order chi connectivity index (χ1) is 7.56. The Hall–Kier alpha value is -1.17. The number of aromatic nitrogens is 2. The molecule has 0 saturated heterocycles. The third-order valence-corrected chi connectivity index (χ3v) is 3.33. The average molecular weight is 287 g/mol. The number of methoxy groups -OCH3 is 1. The van der Waals surface area contributed by atoms with E-state index in [1.807, 2.05) is 6.92 Å². The molecule has 2 atom stereocenters. The van der Waals surface area contributed by atoms with E-state index < -0.39 is 12.0 Å². The number of halogens is 1. The highest BCUT2D eigenvalue weighted by Crippen LogP contribution is 2.33. The van der Waals surface area contributed by atoms with Crippen LogP contribution in [0.25, 0.3) is 0 Å². The van der Waals surface area contributed by atoms with Crippen LogP contribution in [0.2, 0.25) is 0 Å². The summed E-state index contributed by atoms with van der Waals surface area (Å²) in [5, 5.41) is 0. The summed E-state index contributed by atoms with van der Waals surface area (Å²) in [6, 6.07) is -0.549. The fourth-order valence-corrected chi connectivity index (χ4v) is 2.30. The van der Waals surface area contributed by atoms with Crippen LogP contribution in [0, 0.1) is 0 Å². The number of hydrogen-bond acceptors (Lipinski definition) is 4. The van der Waals surface area contributed by atoms with Crippen molar-refractivity contribution in [3.05, 3.63) is 26.8 Å². The molecule has 0 saturated carbocycles. The van der Waals surface area contributed by atoms with Crippen LogP contribution in [0.3, 0.4) is 0 Å². The molecule has 5 nitrogen and oxygen atoms in total. The first kappa shape index (κ1) is 11.3. The van der Waals surface area contributed by atoms with Crippen LogP contribution < -0.4 is 5.56 Å². The molecule has 0 amide bonds. The molecule has 0 aliphatic carbocycles. The predicted molar refractivity (Wildman–Crippen MR) is 60.3 cm³/mol. The molecule has 0 N–H and O–H groups in total. The fraction of sp³-hybridized carbons (Fsp3) is 0.500. The predicted octanol–water partition coefficient (Wildman–Crippen LogP) is 1.23. The highest BCUT2D eigenvalue weighted by Gasteiger charge is 2.36. The van der Waals surface area contributed by atoms with Gasteiger partial charge in [-0.05, 0) is 22.4 Å². The first-order valence-corrected chi connectivity index (χ1v) is 5.70. The third-order valence-electron chi connectivity index (χ3n) is 2.78. The van der Waals surface area contributed by atoms with Crippen molar-refractivity contribution in [3.8, 4) is 0 Å². The van der Waals surface area contributed by atoms with Crippen LogP contribution in [0.1, 0.15) is 31.1 Å². The van der Waals surface area contributed by atoms with Gasteiger partial charge in [0, 0.05) is 12.1 Å². The molecule has 0 bridgehead atoms. The third kappa shape index (κ3) is 1.57. The SMILES string of the molecule is COC(=O)[C@@H]1CC(C)c2ncc(Br)c(=O)n21. The maximum absolute atomic E-state index is 11.9. The number of hydrogen-bond donors (Lipinski definition) is 0. The van der Waals surface area contributed by atoms with Crippen molar-refractivity contribution >= 4 is 21.9 Å². The molecule has 1 aromatic heterocycles. The lowest BCUT2D eigenvalue weighted by Crippen LogP contribution is -2.29. The number of nitrogens with zero attached hydrogens (tertiary/aromatic N) is 2. The summed E-state index contributed by atoms with van der Waals surface area (Å²) in [5.74, 6) is 0.334. The van der Waals surface area contributed by atoms with Crippen molar-refractivity contribution in [2.24, 2.45) is 0 Å². The summed E-state index contributed by atoms with van der Waals surface area (Å²) in [7, 11) is 1.32. The minimum atomic E-state index is -0.549. The van der Waals surface area contributed by atoms with Gasteiger partial charge in [-0.3, -0.25) is 9.36 Å². The Morgan fingerprint density at radius 1 is 1.69 bits per heavy atom. The monoisotopic (exact) mass is 286 g/mol. The van der Waals surface area contributed by atoms with Crippen molar-refractivity contribution in [1.29, 1.82) is 0 Å². The lowest BCUT2D eigenvalue weighted by molar-refractivity contribution is -0.144. The highest BCUT2D eigenvalue weighted by molar-refractivity contribution is 9.10. The maximum atomic E-state index is 11.9. The van der Waals surface area contributed by atoms with Crippen LogP contribution >= 0.6 is 15.9 Å². The first-order valence-electron chi connectivity index (χ1n) is 4.91. The van der Waals surface area contributed by atoms with Crippen LogP contribution in [0.15, 0.2) is 15.5 Å². The Morgan fingerprint density at radius 3 is 3.00 bits per heavy atom. The zero-order valence-corrected chi connectivity index (χ0v) is 10.5. The van der Waals surface area contributed by atoms with Crippen molar-refractivity contribution < 1.29 is 9.53 Å². The van der Waals surface area contributed by atoms with E-state index >= 15 is 0 Å². The lowest BCUT2D eigenvalue weighted by Gasteiger charge is -2.11. The summed E-state index contributed by atoms with van der Waals surface area (Å²) in [6.07, 6.45) is 2.04. The largest absolute Gasteiger partial charge is 0.467 e. The second-order valence-electron chi connectivity index (χ2n) is 3.82. The van der Waals surface area contributed by atoms with Gasteiger partial charge in [-0.25, -0.2) is 9.78 Å². The average Bonchev–Trinajstić information content (AvgIpc) is 2.61. The second kappa shape index (κ2) is 4.01. The van der Waals surface area contributed by atoms with Gasteiger partial charge in [0.15, 0.2) is 0 Å². The zero-order valence-electron chi connectivity index (χ0n) is 8.94. The minimum Gasteiger partial charge on any atom is -0.467 e. The van der Waals surface area contributed by atoms with E-state index in [1.165, 1.54) is 17.9 Å². The van der Waals surface area contributed by atoms with Gasteiger partial charge in [-0.15, -0.1) is 0 Å². The normalized spacial score (nSPS) is 22.9. The fourth-order valence-electron chi connectivity index (χ4n) is 2.01. The number of ether oxygens (including phenoxy) is 1. The molecular weight excluding hydrogens is 276 g/mol. The number of rotatable bonds is 1. The molecule has 0 radical (unpaired) electrons. The standard InChI is InChI=1S/C10H11BrN2O3/c1-5-3-7(10(15)16-2)13-8(5)12-4-6(11)9(13)14/h4-5,7H,3H2,1-2H3/t5?,7-/m0/s1. The van der Waals surface area contributed by atoms with E-state index in [4.69, 9.17) is 4.74 Å². The smallest absolute Gasteiger partial charge is 0.329 e. The summed E-state index contributed by atoms with van der Waals surface area (Å²) >= 11 is 3.12. The number of fused-ring (bicyclic) bond motifs is 1. The summed E-state index contributed by atoms with van der Waals surface area (Å²) in [5.41, 5.74) is -0.232. The van der Waals surface area contributed by atoms with Gasteiger partial charge >= 0.3 is 5.97 Å². The van der Waals surface area contributed by atoms with E-state index in [2.05, 4.69) is 20.9 Å². The van der Waals surface area contributed by atoms with Crippen LogP contribution in [0.5, 0.6) is 0 Å². The molecule has 0 spiro atoms. The van der Waals surface area contributed by atoms with Gasteiger partial charge in [0.05, 0.1) is 7.11 Å². The van der Waals surface area contributed by atoms with Crippen molar-refractivity contribution in [2.75, 3.05) is 7.11 Å². The number of carbonyl (C=O) groups is 1. The van der Waals surface area contributed by atoms with Gasteiger partial charge in [-0.1, -0.05) is 6.92 Å². The molecule has 16 heavy (non-hydrogen) atoms. The molecule has 0 fully saturated rings. The van der Waals surface area contributed by atoms with Crippen molar-refractivity contribution in [3.63, 3.8) is 0 Å². The van der Waals surface area contributed by atoms with E-state index in [1.54, 1.807) is 0 Å². The molecule has 0 aromatic carbocycles. The van der Waals surface area contributed by atoms with E-state index in [9.17, 15) is 9.59 Å². The molecule has 1 aliphatic rings. The Morgan fingerprint density at radius 2 is 2.38 bits per heavy atom. The van der Waals surface area contributed by atoms with Crippen molar-refractivity contribution in [1.82, 2.24) is 9.55 Å². The van der Waals surface area contributed by atoms with Crippen LogP contribution in [-0.2, 0) is 9.53 Å². The van der Waals surface area contributed by atoms with Gasteiger partial charge in [0.25, 0.3) is 5.56 Å². The van der Waals surface area contributed by atoms with Crippen LogP contribution in [0.4, 0.5) is 0 Å². The number of esters is 1. The summed E-state index contributed by atoms with van der Waals surface area (Å²) < 4.78 is 6.47. The van der Waals surface area contributed by atoms with Gasteiger partial charge in [0.1, 0.15) is 16.3 Å². The highest BCUT2D eigenvalue weighted by atomic mass is 79.9. The Bertz CT molecular complexity index is 497. The van der Waals surface area contributed by atoms with E-state index in [0.29, 0.717) is 16.7 Å². The molecule has 2 rings (SSSR count). The quantitative estimate of drug-likeness (QED) is 0.729. The molecule has 1 aromatic rings. The lowest BCUT2D eigenvalue weighted by atomic mass is 10.1. The molecule has 86 valence electrons. The van der Waals surface area contributed by atoms with Gasteiger partial charge in [-0.2, -0.15) is 0 Å². The Kier molecular flexibility index (Phi) is 2.84. The molecule has 6 heteroatoms. The molecule has 1 aliphatic heterocycles. The van der Waals surface area contributed by atoms with Gasteiger partial charge < -0.3 is 4.74 Å². The van der Waals surface area contributed by atoms with E-state index in [-0.39, 0.29) is 11.5 Å². The van der Waals surface area contributed by atoms with Crippen molar-refractivity contribution in [2.45, 2.75) is 25.3 Å². The topological polar surface area (TPSA) is 61.2 Å². The van der Waals surface area contributed by atoms with E-state index in [0.717, 1.165) is 0 Å². The summed E-state index contributed by atoms with van der Waals surface area (Å²) in [6.45, 7) is 1.94. The zero-order chi connectivity index (χ0) is 11.9. The molecule has 1 unspecified atom stereocenters.